The van der Waals surface area contributed by atoms with E-state index in [0.29, 0.717) is 11.3 Å². The predicted molar refractivity (Wildman–Crippen MR) is 65.9 cm³/mol. The van der Waals surface area contributed by atoms with Gasteiger partial charge in [0, 0.05) is 31.4 Å². The minimum absolute atomic E-state index is 0.210. The molecule has 0 bridgehead atoms. The molecule has 0 radical (unpaired) electrons. The molecule has 1 aliphatic rings. The van der Waals surface area contributed by atoms with E-state index in [0.717, 1.165) is 19.6 Å². The van der Waals surface area contributed by atoms with Gasteiger partial charge in [0.15, 0.2) is 0 Å². The monoisotopic (exact) mass is 258 g/mol. The smallest absolute Gasteiger partial charge is 0.366 e. The van der Waals surface area contributed by atoms with Gasteiger partial charge in [0.1, 0.15) is 0 Å². The van der Waals surface area contributed by atoms with Gasteiger partial charge in [-0.05, 0) is 37.6 Å². The van der Waals surface area contributed by atoms with E-state index in [4.69, 9.17) is 0 Å². The highest BCUT2D eigenvalue weighted by Crippen LogP contribution is 2.33. The second-order valence-electron chi connectivity index (χ2n) is 4.80. The maximum atomic E-state index is 12.8. The van der Waals surface area contributed by atoms with Gasteiger partial charge in [-0.15, -0.1) is 0 Å². The van der Waals surface area contributed by atoms with Crippen molar-refractivity contribution in [3.63, 3.8) is 0 Å². The summed E-state index contributed by atoms with van der Waals surface area (Å²) in [5.41, 5.74) is 0.741. The number of benzene rings is 1. The Labute approximate surface area is 105 Å². The first-order valence-electron chi connectivity index (χ1n) is 6.04. The number of nitrogens with zero attached hydrogens (tertiary/aromatic N) is 1. The van der Waals surface area contributed by atoms with Gasteiger partial charge in [0.2, 0.25) is 0 Å². The van der Waals surface area contributed by atoms with E-state index >= 15 is 0 Å². The SMILES string of the molecule is Cc1cc(N2CCNC[C@H]2C)cc(C(F)(F)F)c1. The summed E-state index contributed by atoms with van der Waals surface area (Å²) in [6.45, 7) is 6.06. The van der Waals surface area contributed by atoms with Crippen LogP contribution in [0.15, 0.2) is 18.2 Å². The van der Waals surface area contributed by atoms with E-state index in [9.17, 15) is 13.2 Å². The van der Waals surface area contributed by atoms with Gasteiger partial charge in [0.05, 0.1) is 5.56 Å². The summed E-state index contributed by atoms with van der Waals surface area (Å²) in [7, 11) is 0. The molecule has 1 aliphatic heterocycles. The normalized spacial score (nSPS) is 21.2. The number of piperazine rings is 1. The minimum atomic E-state index is -4.28. The van der Waals surface area contributed by atoms with Crippen LogP contribution in [0, 0.1) is 6.92 Å². The predicted octanol–water partition coefficient (Wildman–Crippen LogP) is 2.81. The maximum absolute atomic E-state index is 12.8. The average Bonchev–Trinajstić information content (AvgIpc) is 2.27. The lowest BCUT2D eigenvalue weighted by Crippen LogP contribution is -2.50. The molecule has 2 rings (SSSR count). The van der Waals surface area contributed by atoms with Crippen LogP contribution in [-0.4, -0.2) is 25.7 Å². The zero-order chi connectivity index (χ0) is 13.3. The van der Waals surface area contributed by atoms with Gasteiger partial charge in [0.25, 0.3) is 0 Å². The second kappa shape index (κ2) is 4.80. The van der Waals surface area contributed by atoms with E-state index in [1.54, 1.807) is 6.92 Å². The zero-order valence-electron chi connectivity index (χ0n) is 10.5. The third kappa shape index (κ3) is 2.77. The molecular formula is C13H17F3N2. The largest absolute Gasteiger partial charge is 0.416 e. The number of rotatable bonds is 1. The Kier molecular flexibility index (Phi) is 3.52. The second-order valence-corrected chi connectivity index (χ2v) is 4.80. The first-order chi connectivity index (χ1) is 8.38. The van der Waals surface area contributed by atoms with Crippen molar-refractivity contribution in [2.45, 2.75) is 26.1 Å². The average molecular weight is 258 g/mol. The molecule has 0 unspecified atom stereocenters. The number of halogens is 3. The highest BCUT2D eigenvalue weighted by Gasteiger charge is 2.31. The highest BCUT2D eigenvalue weighted by molar-refractivity contribution is 5.53. The third-order valence-electron chi connectivity index (χ3n) is 3.22. The molecule has 1 aromatic rings. The number of hydrogen-bond acceptors (Lipinski definition) is 2. The van der Waals surface area contributed by atoms with Crippen molar-refractivity contribution in [1.82, 2.24) is 5.32 Å². The Balaban J connectivity index is 2.35. The molecule has 0 spiro atoms. The summed E-state index contributed by atoms with van der Waals surface area (Å²) in [6.07, 6.45) is -4.28. The summed E-state index contributed by atoms with van der Waals surface area (Å²) >= 11 is 0. The topological polar surface area (TPSA) is 15.3 Å². The summed E-state index contributed by atoms with van der Waals surface area (Å²) in [4.78, 5) is 2.03. The minimum Gasteiger partial charge on any atom is -0.366 e. The van der Waals surface area contributed by atoms with Gasteiger partial charge in [-0.25, -0.2) is 0 Å². The number of nitrogens with one attached hydrogen (secondary N) is 1. The van der Waals surface area contributed by atoms with Crippen LogP contribution in [0.3, 0.4) is 0 Å². The maximum Gasteiger partial charge on any atom is 0.416 e. The first kappa shape index (κ1) is 13.2. The number of aryl methyl sites for hydroxylation is 1. The summed E-state index contributed by atoms with van der Waals surface area (Å²) in [5.74, 6) is 0. The number of alkyl halides is 3. The molecular weight excluding hydrogens is 241 g/mol. The Morgan fingerprint density at radius 3 is 2.61 bits per heavy atom. The molecule has 0 aromatic heterocycles. The van der Waals surface area contributed by atoms with Crippen LogP contribution in [0.25, 0.3) is 0 Å². The Morgan fingerprint density at radius 1 is 1.28 bits per heavy atom. The van der Waals surface area contributed by atoms with Crippen molar-refractivity contribution in [2.24, 2.45) is 0 Å². The summed E-state index contributed by atoms with van der Waals surface area (Å²) in [6, 6.07) is 4.46. The number of hydrogen-bond donors (Lipinski definition) is 1. The number of anilines is 1. The van der Waals surface area contributed by atoms with Crippen molar-refractivity contribution < 1.29 is 13.2 Å². The molecule has 0 amide bonds. The molecule has 1 atom stereocenters. The van der Waals surface area contributed by atoms with E-state index in [1.807, 2.05) is 17.9 Å². The molecule has 0 saturated carbocycles. The lowest BCUT2D eigenvalue weighted by atomic mass is 10.1. The van der Waals surface area contributed by atoms with Crippen LogP contribution in [0.4, 0.5) is 18.9 Å². The molecule has 18 heavy (non-hydrogen) atoms. The van der Waals surface area contributed by atoms with E-state index in [-0.39, 0.29) is 6.04 Å². The van der Waals surface area contributed by atoms with Gasteiger partial charge >= 0.3 is 6.18 Å². The van der Waals surface area contributed by atoms with Crippen molar-refractivity contribution in [1.29, 1.82) is 0 Å². The lowest BCUT2D eigenvalue weighted by molar-refractivity contribution is -0.137. The Bertz CT molecular complexity index is 429. The third-order valence-corrected chi connectivity index (χ3v) is 3.22. The molecule has 1 heterocycles. The van der Waals surface area contributed by atoms with E-state index < -0.39 is 11.7 Å². The van der Waals surface area contributed by atoms with Gasteiger partial charge in [-0.1, -0.05) is 0 Å². The molecule has 0 aliphatic carbocycles. The van der Waals surface area contributed by atoms with Crippen LogP contribution in [0.1, 0.15) is 18.1 Å². The van der Waals surface area contributed by atoms with Gasteiger partial charge in [-0.2, -0.15) is 13.2 Å². The molecule has 1 N–H and O–H groups in total. The van der Waals surface area contributed by atoms with Crippen molar-refractivity contribution in [2.75, 3.05) is 24.5 Å². The van der Waals surface area contributed by atoms with E-state index in [2.05, 4.69) is 5.32 Å². The quantitative estimate of drug-likeness (QED) is 0.833. The summed E-state index contributed by atoms with van der Waals surface area (Å²) < 4.78 is 38.3. The van der Waals surface area contributed by atoms with Gasteiger partial charge in [-0.3, -0.25) is 0 Å². The van der Waals surface area contributed by atoms with Crippen LogP contribution in [0.2, 0.25) is 0 Å². The van der Waals surface area contributed by atoms with Crippen molar-refractivity contribution in [3.8, 4) is 0 Å². The molecule has 5 heteroatoms. The Morgan fingerprint density at radius 2 is 2.00 bits per heavy atom. The fraction of sp³-hybridized carbons (Fsp3) is 0.538. The van der Waals surface area contributed by atoms with E-state index in [1.165, 1.54) is 12.1 Å². The van der Waals surface area contributed by atoms with Crippen LogP contribution < -0.4 is 10.2 Å². The molecule has 1 aromatic carbocycles. The molecule has 2 nitrogen and oxygen atoms in total. The van der Waals surface area contributed by atoms with Crippen molar-refractivity contribution in [3.05, 3.63) is 29.3 Å². The fourth-order valence-electron chi connectivity index (χ4n) is 2.32. The molecule has 100 valence electrons. The summed E-state index contributed by atoms with van der Waals surface area (Å²) in [5, 5.41) is 3.23. The zero-order valence-corrected chi connectivity index (χ0v) is 10.5. The van der Waals surface area contributed by atoms with Crippen LogP contribution in [-0.2, 0) is 6.18 Å². The fourth-order valence-corrected chi connectivity index (χ4v) is 2.32. The standard InChI is InChI=1S/C13H17F3N2/c1-9-5-11(13(14,15)16)7-12(6-9)18-4-3-17-8-10(18)2/h5-7,10,17H,3-4,8H2,1-2H3/t10-/m1/s1. The van der Waals surface area contributed by atoms with Crippen molar-refractivity contribution >= 4 is 5.69 Å². The highest BCUT2D eigenvalue weighted by atomic mass is 19.4. The lowest BCUT2D eigenvalue weighted by Gasteiger charge is -2.36. The Hall–Kier alpha value is -1.23. The van der Waals surface area contributed by atoms with Gasteiger partial charge < -0.3 is 10.2 Å². The van der Waals surface area contributed by atoms with Crippen LogP contribution in [0.5, 0.6) is 0 Å². The molecule has 1 saturated heterocycles. The first-order valence-corrected chi connectivity index (χ1v) is 6.04. The van der Waals surface area contributed by atoms with Crippen LogP contribution >= 0.6 is 0 Å². The molecule has 1 fully saturated rings.